The molecule has 88 valence electrons. The number of rotatable bonds is 4. The molecule has 6 heteroatoms. The van der Waals surface area contributed by atoms with Crippen molar-refractivity contribution in [3.8, 4) is 11.3 Å². The Morgan fingerprint density at radius 3 is 3.00 bits per heavy atom. The van der Waals surface area contributed by atoms with Gasteiger partial charge in [-0.2, -0.15) is 0 Å². The van der Waals surface area contributed by atoms with Crippen LogP contribution in [0.25, 0.3) is 11.3 Å². The molecule has 0 aromatic carbocycles. The second-order valence-electron chi connectivity index (χ2n) is 3.60. The van der Waals surface area contributed by atoms with Crippen LogP contribution in [-0.4, -0.2) is 32.2 Å². The lowest BCUT2D eigenvalue weighted by Gasteiger charge is -2.03. The van der Waals surface area contributed by atoms with E-state index in [2.05, 4.69) is 15.3 Å². The molecular weight excluding hydrogens is 220 g/mol. The van der Waals surface area contributed by atoms with Gasteiger partial charge in [0.05, 0.1) is 5.69 Å². The second kappa shape index (κ2) is 4.65. The van der Waals surface area contributed by atoms with Crippen molar-refractivity contribution in [2.45, 2.75) is 0 Å². The maximum atomic E-state index is 10.4. The SMILES string of the molecule is Cn1ccc(-c2cc(NCC(=O)O)ncn2)c1. The molecule has 2 aromatic rings. The van der Waals surface area contributed by atoms with Gasteiger partial charge in [-0.15, -0.1) is 0 Å². The smallest absolute Gasteiger partial charge is 0.322 e. The molecule has 0 bridgehead atoms. The lowest BCUT2D eigenvalue weighted by molar-refractivity contribution is -0.134. The predicted molar refractivity (Wildman–Crippen MR) is 62.6 cm³/mol. The Morgan fingerprint density at radius 2 is 2.35 bits per heavy atom. The zero-order chi connectivity index (χ0) is 12.3. The van der Waals surface area contributed by atoms with E-state index in [-0.39, 0.29) is 6.54 Å². The van der Waals surface area contributed by atoms with Crippen LogP contribution in [-0.2, 0) is 11.8 Å². The van der Waals surface area contributed by atoms with Crippen molar-refractivity contribution in [1.82, 2.24) is 14.5 Å². The van der Waals surface area contributed by atoms with Gasteiger partial charge in [-0.3, -0.25) is 4.79 Å². The average Bonchev–Trinajstić information content (AvgIpc) is 2.74. The number of aryl methyl sites for hydroxylation is 1. The fourth-order valence-electron chi connectivity index (χ4n) is 1.43. The van der Waals surface area contributed by atoms with Gasteiger partial charge in [-0.1, -0.05) is 0 Å². The van der Waals surface area contributed by atoms with Crippen molar-refractivity contribution in [3.63, 3.8) is 0 Å². The average molecular weight is 232 g/mol. The highest BCUT2D eigenvalue weighted by Crippen LogP contribution is 2.18. The summed E-state index contributed by atoms with van der Waals surface area (Å²) in [5.41, 5.74) is 1.72. The number of nitrogens with zero attached hydrogens (tertiary/aromatic N) is 3. The summed E-state index contributed by atoms with van der Waals surface area (Å²) in [5.74, 6) is -0.425. The summed E-state index contributed by atoms with van der Waals surface area (Å²) in [5, 5.41) is 11.3. The third kappa shape index (κ3) is 2.81. The van der Waals surface area contributed by atoms with Crippen molar-refractivity contribution >= 4 is 11.8 Å². The molecule has 0 atom stereocenters. The molecule has 0 radical (unpaired) electrons. The van der Waals surface area contributed by atoms with Gasteiger partial charge in [-0.25, -0.2) is 9.97 Å². The van der Waals surface area contributed by atoms with E-state index in [1.54, 1.807) is 6.07 Å². The Hall–Kier alpha value is -2.37. The molecule has 2 rings (SSSR count). The van der Waals surface area contributed by atoms with Crippen LogP contribution in [0.3, 0.4) is 0 Å². The van der Waals surface area contributed by atoms with Gasteiger partial charge in [0.2, 0.25) is 0 Å². The summed E-state index contributed by atoms with van der Waals surface area (Å²) in [6, 6.07) is 3.65. The molecule has 0 spiro atoms. The number of hydrogen-bond acceptors (Lipinski definition) is 4. The van der Waals surface area contributed by atoms with Crippen LogP contribution in [0.5, 0.6) is 0 Å². The Balaban J connectivity index is 2.19. The van der Waals surface area contributed by atoms with E-state index in [1.165, 1.54) is 6.33 Å². The normalized spacial score (nSPS) is 10.2. The molecule has 17 heavy (non-hydrogen) atoms. The second-order valence-corrected chi connectivity index (χ2v) is 3.60. The van der Waals surface area contributed by atoms with Gasteiger partial charge in [0.1, 0.15) is 18.7 Å². The van der Waals surface area contributed by atoms with Crippen LogP contribution in [0.1, 0.15) is 0 Å². The van der Waals surface area contributed by atoms with Crippen molar-refractivity contribution in [2.24, 2.45) is 7.05 Å². The fraction of sp³-hybridized carbons (Fsp3) is 0.182. The number of hydrogen-bond donors (Lipinski definition) is 2. The van der Waals surface area contributed by atoms with Crippen LogP contribution in [0, 0.1) is 0 Å². The zero-order valence-electron chi connectivity index (χ0n) is 9.29. The molecule has 0 amide bonds. The number of nitrogens with one attached hydrogen (secondary N) is 1. The van der Waals surface area contributed by atoms with Gasteiger partial charge in [0.15, 0.2) is 0 Å². The molecule has 0 aliphatic carbocycles. The van der Waals surface area contributed by atoms with Crippen molar-refractivity contribution in [1.29, 1.82) is 0 Å². The lowest BCUT2D eigenvalue weighted by Crippen LogP contribution is -2.13. The van der Waals surface area contributed by atoms with E-state index in [4.69, 9.17) is 5.11 Å². The Kier molecular flexibility index (Phi) is 3.04. The molecule has 6 nitrogen and oxygen atoms in total. The number of carbonyl (C=O) groups is 1. The minimum Gasteiger partial charge on any atom is -0.480 e. The third-order valence-corrected chi connectivity index (χ3v) is 2.22. The number of carboxylic acids is 1. The molecule has 0 fully saturated rings. The van der Waals surface area contributed by atoms with E-state index >= 15 is 0 Å². The molecule has 0 aliphatic rings. The maximum absolute atomic E-state index is 10.4. The van der Waals surface area contributed by atoms with Gasteiger partial charge in [-0.05, 0) is 6.07 Å². The Morgan fingerprint density at radius 1 is 1.53 bits per heavy atom. The Bertz CT molecular complexity index is 536. The van der Waals surface area contributed by atoms with Gasteiger partial charge >= 0.3 is 5.97 Å². The molecule has 2 heterocycles. The first kappa shape index (κ1) is 11.1. The topological polar surface area (TPSA) is 80.0 Å². The van der Waals surface area contributed by atoms with E-state index in [0.717, 1.165) is 11.3 Å². The van der Waals surface area contributed by atoms with Gasteiger partial charge < -0.3 is 15.0 Å². The van der Waals surface area contributed by atoms with Crippen LogP contribution in [0.15, 0.2) is 30.9 Å². The highest BCUT2D eigenvalue weighted by atomic mass is 16.4. The lowest BCUT2D eigenvalue weighted by atomic mass is 10.2. The monoisotopic (exact) mass is 232 g/mol. The summed E-state index contributed by atoms with van der Waals surface area (Å²) in [7, 11) is 1.92. The van der Waals surface area contributed by atoms with Crippen LogP contribution < -0.4 is 5.32 Å². The molecular formula is C11H12N4O2. The van der Waals surface area contributed by atoms with Gasteiger partial charge in [0, 0.05) is 31.1 Å². The van der Waals surface area contributed by atoms with Crippen LogP contribution in [0.2, 0.25) is 0 Å². The molecule has 0 aliphatic heterocycles. The quantitative estimate of drug-likeness (QED) is 0.821. The largest absolute Gasteiger partial charge is 0.480 e. The summed E-state index contributed by atoms with van der Waals surface area (Å²) in [6.07, 6.45) is 5.26. The minimum absolute atomic E-state index is 0.161. The fourth-order valence-corrected chi connectivity index (χ4v) is 1.43. The number of anilines is 1. The number of aromatic nitrogens is 3. The summed E-state index contributed by atoms with van der Waals surface area (Å²) < 4.78 is 1.92. The van der Waals surface area contributed by atoms with Crippen molar-refractivity contribution in [2.75, 3.05) is 11.9 Å². The first-order valence-electron chi connectivity index (χ1n) is 5.05. The summed E-state index contributed by atoms with van der Waals surface area (Å²) in [4.78, 5) is 18.5. The molecule has 0 saturated heterocycles. The predicted octanol–water partition coefficient (Wildman–Crippen LogP) is 0.979. The zero-order valence-corrected chi connectivity index (χ0v) is 9.29. The molecule has 2 N–H and O–H groups in total. The standard InChI is InChI=1S/C11H12N4O2/c1-15-3-2-8(6-15)9-4-10(14-7-13-9)12-5-11(16)17/h2-4,6-7H,5H2,1H3,(H,16,17)(H,12,13,14). The summed E-state index contributed by atoms with van der Waals surface area (Å²) >= 11 is 0. The van der Waals surface area contributed by atoms with Gasteiger partial charge in [0.25, 0.3) is 0 Å². The van der Waals surface area contributed by atoms with Crippen LogP contribution in [0.4, 0.5) is 5.82 Å². The van der Waals surface area contributed by atoms with E-state index in [1.807, 2.05) is 30.1 Å². The summed E-state index contributed by atoms with van der Waals surface area (Å²) in [6.45, 7) is -0.161. The third-order valence-electron chi connectivity index (χ3n) is 2.22. The number of aliphatic carboxylic acids is 1. The van der Waals surface area contributed by atoms with Crippen molar-refractivity contribution in [3.05, 3.63) is 30.9 Å². The van der Waals surface area contributed by atoms with E-state index < -0.39 is 5.97 Å². The van der Waals surface area contributed by atoms with Crippen LogP contribution >= 0.6 is 0 Å². The minimum atomic E-state index is -0.926. The molecule has 0 saturated carbocycles. The molecule has 0 unspecified atom stereocenters. The maximum Gasteiger partial charge on any atom is 0.322 e. The first-order chi connectivity index (χ1) is 8.15. The van der Waals surface area contributed by atoms with E-state index in [9.17, 15) is 4.79 Å². The van der Waals surface area contributed by atoms with Crippen molar-refractivity contribution < 1.29 is 9.90 Å². The Labute approximate surface area is 97.9 Å². The first-order valence-corrected chi connectivity index (χ1v) is 5.05. The van der Waals surface area contributed by atoms with E-state index in [0.29, 0.717) is 5.82 Å². The highest BCUT2D eigenvalue weighted by Gasteiger charge is 2.04. The number of carboxylic acid groups (broad SMARTS) is 1. The molecule has 2 aromatic heterocycles. The highest BCUT2D eigenvalue weighted by molar-refractivity contribution is 5.72.